The van der Waals surface area contributed by atoms with Gasteiger partial charge in [0.05, 0.1) is 13.5 Å². The van der Waals surface area contributed by atoms with E-state index in [1.54, 1.807) is 0 Å². The van der Waals surface area contributed by atoms with Crippen molar-refractivity contribution < 1.29 is 23.1 Å². The van der Waals surface area contributed by atoms with Gasteiger partial charge in [0, 0.05) is 12.1 Å². The van der Waals surface area contributed by atoms with Gasteiger partial charge in [-0.3, -0.25) is 9.59 Å². The van der Waals surface area contributed by atoms with Crippen LogP contribution in [-0.2, 0) is 20.7 Å². The molecule has 1 atom stereocenters. The minimum Gasteiger partial charge on any atom is -0.468 e. The molecule has 0 bridgehead atoms. The molecule has 1 unspecified atom stereocenters. The van der Waals surface area contributed by atoms with E-state index in [4.69, 9.17) is 11.6 Å². The number of amides is 1. The summed E-state index contributed by atoms with van der Waals surface area (Å²) in [5, 5.41) is 1.25. The highest BCUT2D eigenvalue weighted by Crippen LogP contribution is 2.12. The molecule has 0 saturated heterocycles. The van der Waals surface area contributed by atoms with Crippen LogP contribution in [0.3, 0.4) is 0 Å². The minimum absolute atomic E-state index is 0.177. The van der Waals surface area contributed by atoms with Crippen molar-refractivity contribution >= 4 is 23.5 Å². The molecule has 104 valence electrons. The van der Waals surface area contributed by atoms with Crippen molar-refractivity contribution in [2.24, 2.45) is 0 Å². The molecule has 0 aliphatic heterocycles. The summed E-state index contributed by atoms with van der Waals surface area (Å²) in [6.07, 6.45) is -0.469. The molecule has 0 aromatic heterocycles. The van der Waals surface area contributed by atoms with E-state index in [9.17, 15) is 18.4 Å². The molecule has 0 spiro atoms. The van der Waals surface area contributed by atoms with Crippen LogP contribution in [0.2, 0.25) is 0 Å². The summed E-state index contributed by atoms with van der Waals surface area (Å²) in [4.78, 5) is 22.4. The quantitative estimate of drug-likeness (QED) is 0.659. The Morgan fingerprint density at radius 3 is 2.47 bits per heavy atom. The first-order valence-electron chi connectivity index (χ1n) is 5.37. The summed E-state index contributed by atoms with van der Waals surface area (Å²) >= 11 is 5.60. The molecule has 7 heteroatoms. The predicted octanol–water partition coefficient (Wildman–Crippen LogP) is 1.40. The lowest BCUT2D eigenvalue weighted by Gasteiger charge is -2.09. The summed E-state index contributed by atoms with van der Waals surface area (Å²) in [5.41, 5.74) is -0.329. The van der Waals surface area contributed by atoms with Gasteiger partial charge in [-0.1, -0.05) is 6.07 Å². The van der Waals surface area contributed by atoms with Crippen LogP contribution in [0.25, 0.3) is 0 Å². The van der Waals surface area contributed by atoms with E-state index >= 15 is 0 Å². The van der Waals surface area contributed by atoms with Gasteiger partial charge in [0.15, 0.2) is 0 Å². The summed E-state index contributed by atoms with van der Waals surface area (Å²) in [6.45, 7) is -0.177. The van der Waals surface area contributed by atoms with Crippen molar-refractivity contribution in [3.8, 4) is 0 Å². The number of hydrogen-bond acceptors (Lipinski definition) is 3. The molecule has 0 radical (unpaired) electrons. The highest BCUT2D eigenvalue weighted by atomic mass is 35.5. The van der Waals surface area contributed by atoms with Gasteiger partial charge in [-0.2, -0.15) is 0 Å². The Hall–Kier alpha value is -1.69. The highest BCUT2D eigenvalue weighted by molar-refractivity contribution is 6.30. The van der Waals surface area contributed by atoms with Gasteiger partial charge in [0.2, 0.25) is 5.91 Å². The Bertz CT molecular complexity index is 462. The van der Waals surface area contributed by atoms with Gasteiger partial charge in [0.25, 0.3) is 0 Å². The number of esters is 1. The zero-order valence-electron chi connectivity index (χ0n) is 10.1. The third-order valence-corrected chi connectivity index (χ3v) is 2.67. The van der Waals surface area contributed by atoms with Crippen LogP contribution in [0.15, 0.2) is 18.2 Å². The monoisotopic (exact) mass is 291 g/mol. The second-order valence-electron chi connectivity index (χ2n) is 3.67. The van der Waals surface area contributed by atoms with Crippen molar-refractivity contribution in [1.29, 1.82) is 0 Å². The molecule has 0 fully saturated rings. The topological polar surface area (TPSA) is 55.4 Å². The largest absolute Gasteiger partial charge is 0.468 e. The van der Waals surface area contributed by atoms with Crippen molar-refractivity contribution in [2.75, 3.05) is 13.7 Å². The lowest BCUT2D eigenvalue weighted by atomic mass is 10.1. The van der Waals surface area contributed by atoms with E-state index in [0.717, 1.165) is 19.2 Å². The molecule has 1 amide bonds. The van der Waals surface area contributed by atoms with E-state index < -0.39 is 35.3 Å². The lowest BCUT2D eigenvalue weighted by molar-refractivity contribution is -0.140. The maximum Gasteiger partial charge on any atom is 0.325 e. The molecule has 1 aromatic rings. The number of hydrogen-bond donors (Lipinski definition) is 1. The maximum atomic E-state index is 13.3. The minimum atomic E-state index is -1.04. The van der Waals surface area contributed by atoms with Crippen LogP contribution in [0.4, 0.5) is 8.78 Å². The number of methoxy groups -OCH3 is 1. The number of alkyl halides is 1. The summed E-state index contributed by atoms with van der Waals surface area (Å²) in [6, 6.07) is 3.33. The average molecular weight is 292 g/mol. The average Bonchev–Trinajstić information content (AvgIpc) is 2.39. The third-order valence-electron chi connectivity index (χ3n) is 2.33. The molecule has 1 aromatic carbocycles. The SMILES string of the molecule is COC(=O)C(Cl)CNC(=O)Cc1c(F)cccc1F. The molecule has 0 heterocycles. The van der Waals surface area contributed by atoms with Gasteiger partial charge in [0.1, 0.15) is 17.0 Å². The first-order chi connectivity index (χ1) is 8.95. The molecule has 1 rings (SSSR count). The fourth-order valence-corrected chi connectivity index (χ4v) is 1.51. The lowest BCUT2D eigenvalue weighted by Crippen LogP contribution is -2.35. The van der Waals surface area contributed by atoms with Crippen LogP contribution >= 0.6 is 11.6 Å². The number of ether oxygens (including phenoxy) is 1. The molecule has 0 aliphatic rings. The summed E-state index contributed by atoms with van der Waals surface area (Å²) in [7, 11) is 1.16. The first kappa shape index (κ1) is 15.4. The van der Waals surface area contributed by atoms with E-state index in [-0.39, 0.29) is 12.1 Å². The molecule has 4 nitrogen and oxygen atoms in total. The highest BCUT2D eigenvalue weighted by Gasteiger charge is 2.18. The Morgan fingerprint density at radius 2 is 1.95 bits per heavy atom. The van der Waals surface area contributed by atoms with E-state index in [0.29, 0.717) is 0 Å². The van der Waals surface area contributed by atoms with Gasteiger partial charge < -0.3 is 10.1 Å². The van der Waals surface area contributed by atoms with E-state index in [1.807, 2.05) is 0 Å². The van der Waals surface area contributed by atoms with Crippen LogP contribution < -0.4 is 5.32 Å². The molecule has 19 heavy (non-hydrogen) atoms. The number of rotatable bonds is 5. The Balaban J connectivity index is 2.54. The molecular formula is C12H12ClF2NO3. The van der Waals surface area contributed by atoms with Gasteiger partial charge >= 0.3 is 5.97 Å². The van der Waals surface area contributed by atoms with Crippen molar-refractivity contribution in [3.63, 3.8) is 0 Å². The van der Waals surface area contributed by atoms with Crippen LogP contribution in [-0.4, -0.2) is 30.9 Å². The van der Waals surface area contributed by atoms with Crippen molar-refractivity contribution in [3.05, 3.63) is 35.4 Å². The maximum absolute atomic E-state index is 13.3. The third kappa shape index (κ3) is 4.48. The van der Waals surface area contributed by atoms with Crippen LogP contribution in [0.1, 0.15) is 5.56 Å². The van der Waals surface area contributed by atoms with E-state index in [2.05, 4.69) is 10.1 Å². The zero-order chi connectivity index (χ0) is 14.4. The normalized spacial score (nSPS) is 11.8. The number of carbonyl (C=O) groups excluding carboxylic acids is 2. The fraction of sp³-hybridized carbons (Fsp3) is 0.333. The van der Waals surface area contributed by atoms with Gasteiger partial charge in [-0.15, -0.1) is 11.6 Å². The fourth-order valence-electron chi connectivity index (χ4n) is 1.34. The van der Waals surface area contributed by atoms with Crippen LogP contribution in [0.5, 0.6) is 0 Å². The second-order valence-corrected chi connectivity index (χ2v) is 4.20. The number of halogens is 3. The van der Waals surface area contributed by atoms with Crippen molar-refractivity contribution in [1.82, 2.24) is 5.32 Å². The number of carbonyl (C=O) groups is 2. The standard InChI is InChI=1S/C12H12ClF2NO3/c1-19-12(18)8(13)6-16-11(17)5-7-9(14)3-2-4-10(7)15/h2-4,8H,5-6H2,1H3,(H,16,17). The molecule has 0 saturated carbocycles. The molecule has 1 N–H and O–H groups in total. The second kappa shape index (κ2) is 7.04. The molecule has 0 aliphatic carbocycles. The van der Waals surface area contributed by atoms with Gasteiger partial charge in [-0.05, 0) is 12.1 Å². The first-order valence-corrected chi connectivity index (χ1v) is 5.80. The number of nitrogens with one attached hydrogen (secondary N) is 1. The number of benzene rings is 1. The van der Waals surface area contributed by atoms with Crippen LogP contribution in [0, 0.1) is 11.6 Å². The predicted molar refractivity (Wildman–Crippen MR) is 64.7 cm³/mol. The molecular weight excluding hydrogens is 280 g/mol. The summed E-state index contributed by atoms with van der Waals surface area (Å²) in [5.74, 6) is -2.94. The Labute approximate surface area is 113 Å². The summed E-state index contributed by atoms with van der Waals surface area (Å²) < 4.78 is 30.9. The van der Waals surface area contributed by atoms with Crippen molar-refractivity contribution in [2.45, 2.75) is 11.8 Å². The smallest absolute Gasteiger partial charge is 0.325 e. The zero-order valence-corrected chi connectivity index (χ0v) is 10.8. The Kier molecular flexibility index (Phi) is 5.69. The van der Waals surface area contributed by atoms with Gasteiger partial charge in [-0.25, -0.2) is 8.78 Å². The Morgan fingerprint density at radius 1 is 1.37 bits per heavy atom. The van der Waals surface area contributed by atoms with E-state index in [1.165, 1.54) is 6.07 Å².